The van der Waals surface area contributed by atoms with E-state index in [1.807, 2.05) is 11.8 Å². The third kappa shape index (κ3) is 3.31. The summed E-state index contributed by atoms with van der Waals surface area (Å²) in [5, 5.41) is 4.93. The summed E-state index contributed by atoms with van der Waals surface area (Å²) < 4.78 is 5.44. The van der Waals surface area contributed by atoms with Crippen LogP contribution in [0.5, 0.6) is 0 Å². The lowest BCUT2D eigenvalue weighted by molar-refractivity contribution is 0.289. The smallest absolute Gasteiger partial charge is 0.231 e. The van der Waals surface area contributed by atoms with Crippen LogP contribution in [-0.2, 0) is 5.75 Å². The highest BCUT2D eigenvalue weighted by Gasteiger charge is 2.28. The van der Waals surface area contributed by atoms with E-state index < -0.39 is 0 Å². The molecule has 1 heterocycles. The lowest BCUT2D eigenvalue weighted by Crippen LogP contribution is -2.31. The molecule has 2 aliphatic rings. The van der Waals surface area contributed by atoms with Crippen LogP contribution in [0.15, 0.2) is 4.52 Å². The Morgan fingerprint density at radius 1 is 1.11 bits per heavy atom. The van der Waals surface area contributed by atoms with Crippen LogP contribution in [0.3, 0.4) is 0 Å². The number of hydrogen-bond acceptors (Lipinski definition) is 5. The first kappa shape index (κ1) is 13.4. The zero-order valence-corrected chi connectivity index (χ0v) is 12.2. The molecular formula is C14H23N3OS. The van der Waals surface area contributed by atoms with Gasteiger partial charge in [0.05, 0.1) is 11.7 Å². The topological polar surface area (TPSA) is 64.9 Å². The minimum absolute atomic E-state index is 0.199. The second-order valence-corrected chi connectivity index (χ2v) is 7.11. The summed E-state index contributed by atoms with van der Waals surface area (Å²) in [6.07, 6.45) is 10.1. The maximum atomic E-state index is 6.16. The lowest BCUT2D eigenvalue weighted by atomic mass is 9.85. The first-order valence-corrected chi connectivity index (χ1v) is 8.57. The van der Waals surface area contributed by atoms with Gasteiger partial charge in [-0.1, -0.05) is 30.8 Å². The minimum atomic E-state index is 0.199. The maximum absolute atomic E-state index is 6.16. The minimum Gasteiger partial charge on any atom is -0.339 e. The SMILES string of the molecule is NC1CCCCC1c1nc(CSC2CCCC2)no1. The van der Waals surface area contributed by atoms with Gasteiger partial charge in [-0.25, -0.2) is 0 Å². The Labute approximate surface area is 118 Å². The Balaban J connectivity index is 1.56. The summed E-state index contributed by atoms with van der Waals surface area (Å²) >= 11 is 1.98. The highest BCUT2D eigenvalue weighted by atomic mass is 32.2. The van der Waals surface area contributed by atoms with Crippen molar-refractivity contribution in [1.29, 1.82) is 0 Å². The average molecular weight is 281 g/mol. The van der Waals surface area contributed by atoms with Gasteiger partial charge in [-0.05, 0) is 25.7 Å². The van der Waals surface area contributed by atoms with Gasteiger partial charge in [0.15, 0.2) is 5.82 Å². The third-order valence-corrected chi connectivity index (χ3v) is 5.74. The van der Waals surface area contributed by atoms with Gasteiger partial charge in [0, 0.05) is 11.3 Å². The van der Waals surface area contributed by atoms with Crippen LogP contribution in [0.25, 0.3) is 0 Å². The van der Waals surface area contributed by atoms with Crippen LogP contribution >= 0.6 is 11.8 Å². The molecule has 2 atom stereocenters. The quantitative estimate of drug-likeness (QED) is 0.918. The Morgan fingerprint density at radius 2 is 1.84 bits per heavy atom. The number of thioether (sulfide) groups is 1. The molecule has 0 spiro atoms. The maximum Gasteiger partial charge on any atom is 0.231 e. The van der Waals surface area contributed by atoms with Crippen molar-refractivity contribution in [3.63, 3.8) is 0 Å². The van der Waals surface area contributed by atoms with Crippen LogP contribution in [0.4, 0.5) is 0 Å². The van der Waals surface area contributed by atoms with Crippen molar-refractivity contribution in [2.45, 2.75) is 74.3 Å². The van der Waals surface area contributed by atoms with E-state index in [0.29, 0.717) is 0 Å². The van der Waals surface area contributed by atoms with E-state index in [1.165, 1.54) is 38.5 Å². The van der Waals surface area contributed by atoms with E-state index >= 15 is 0 Å². The van der Waals surface area contributed by atoms with Crippen LogP contribution in [-0.4, -0.2) is 21.4 Å². The van der Waals surface area contributed by atoms with Crippen molar-refractivity contribution >= 4 is 11.8 Å². The molecule has 1 aromatic rings. The molecule has 5 heteroatoms. The zero-order valence-electron chi connectivity index (χ0n) is 11.4. The second kappa shape index (κ2) is 6.27. The molecule has 2 saturated carbocycles. The van der Waals surface area contributed by atoms with Crippen molar-refractivity contribution in [1.82, 2.24) is 10.1 Å². The van der Waals surface area contributed by atoms with Crippen molar-refractivity contribution in [3.8, 4) is 0 Å². The molecule has 1 aromatic heterocycles. The summed E-state index contributed by atoms with van der Waals surface area (Å²) in [5.41, 5.74) is 6.16. The fourth-order valence-corrected chi connectivity index (χ4v) is 4.36. The summed E-state index contributed by atoms with van der Waals surface area (Å²) in [5.74, 6) is 2.79. The Morgan fingerprint density at radius 3 is 2.63 bits per heavy atom. The Kier molecular flexibility index (Phi) is 4.43. The van der Waals surface area contributed by atoms with Gasteiger partial charge in [-0.2, -0.15) is 16.7 Å². The molecule has 19 heavy (non-hydrogen) atoms. The monoisotopic (exact) mass is 281 g/mol. The van der Waals surface area contributed by atoms with Crippen LogP contribution in [0.2, 0.25) is 0 Å². The predicted octanol–water partition coefficient (Wildman–Crippen LogP) is 3.23. The third-order valence-electron chi connectivity index (χ3n) is 4.37. The summed E-state index contributed by atoms with van der Waals surface area (Å²) in [6, 6.07) is 0.199. The van der Waals surface area contributed by atoms with E-state index in [1.54, 1.807) is 0 Å². The van der Waals surface area contributed by atoms with Crippen molar-refractivity contribution in [2.75, 3.05) is 0 Å². The molecule has 4 nitrogen and oxygen atoms in total. The molecule has 2 aliphatic carbocycles. The van der Waals surface area contributed by atoms with Crippen molar-refractivity contribution in [3.05, 3.63) is 11.7 Å². The molecule has 0 amide bonds. The van der Waals surface area contributed by atoms with Gasteiger partial charge in [-0.15, -0.1) is 0 Å². The predicted molar refractivity (Wildman–Crippen MR) is 77.0 cm³/mol. The standard InChI is InChI=1S/C14H23N3OS/c15-12-8-4-3-7-11(12)14-16-13(17-18-14)9-19-10-5-1-2-6-10/h10-12H,1-9,15H2. The number of rotatable bonds is 4. The van der Waals surface area contributed by atoms with E-state index in [4.69, 9.17) is 10.3 Å². The highest BCUT2D eigenvalue weighted by molar-refractivity contribution is 7.99. The van der Waals surface area contributed by atoms with Gasteiger partial charge in [-0.3, -0.25) is 0 Å². The molecule has 2 N–H and O–H groups in total. The fraction of sp³-hybridized carbons (Fsp3) is 0.857. The number of nitrogens with zero attached hydrogens (tertiary/aromatic N) is 2. The molecule has 0 bridgehead atoms. The summed E-state index contributed by atoms with van der Waals surface area (Å²) in [4.78, 5) is 4.57. The molecular weight excluding hydrogens is 258 g/mol. The first-order chi connectivity index (χ1) is 9.33. The normalized spacial score (nSPS) is 28.9. The Hall–Kier alpha value is -0.550. The van der Waals surface area contributed by atoms with E-state index in [0.717, 1.165) is 35.6 Å². The molecule has 3 rings (SSSR count). The first-order valence-electron chi connectivity index (χ1n) is 7.52. The highest BCUT2D eigenvalue weighted by Crippen LogP contribution is 2.33. The summed E-state index contributed by atoms with van der Waals surface area (Å²) in [7, 11) is 0. The number of nitrogens with two attached hydrogens (primary N) is 1. The van der Waals surface area contributed by atoms with Crippen LogP contribution in [0.1, 0.15) is 69.0 Å². The van der Waals surface area contributed by atoms with E-state index in [-0.39, 0.29) is 12.0 Å². The molecule has 0 aliphatic heterocycles. The molecule has 0 saturated heterocycles. The molecule has 0 aromatic carbocycles. The molecule has 2 fully saturated rings. The van der Waals surface area contributed by atoms with E-state index in [2.05, 4.69) is 10.1 Å². The zero-order chi connectivity index (χ0) is 13.1. The van der Waals surface area contributed by atoms with Crippen molar-refractivity contribution in [2.24, 2.45) is 5.73 Å². The van der Waals surface area contributed by atoms with Gasteiger partial charge >= 0.3 is 0 Å². The van der Waals surface area contributed by atoms with Crippen molar-refractivity contribution < 1.29 is 4.52 Å². The summed E-state index contributed by atoms with van der Waals surface area (Å²) in [6.45, 7) is 0. The fourth-order valence-electron chi connectivity index (χ4n) is 3.19. The lowest BCUT2D eigenvalue weighted by Gasteiger charge is -2.25. The second-order valence-electron chi connectivity index (χ2n) is 5.82. The number of aromatic nitrogens is 2. The molecule has 2 unspecified atom stereocenters. The Bertz CT molecular complexity index is 403. The average Bonchev–Trinajstić information content (AvgIpc) is 3.08. The van der Waals surface area contributed by atoms with Gasteiger partial charge < -0.3 is 10.3 Å². The molecule has 0 radical (unpaired) electrons. The molecule has 106 valence electrons. The van der Waals surface area contributed by atoms with Crippen LogP contribution in [0, 0.1) is 0 Å². The van der Waals surface area contributed by atoms with Gasteiger partial charge in [0.25, 0.3) is 0 Å². The van der Waals surface area contributed by atoms with E-state index in [9.17, 15) is 0 Å². The number of hydrogen-bond donors (Lipinski definition) is 1. The largest absolute Gasteiger partial charge is 0.339 e. The van der Waals surface area contributed by atoms with Gasteiger partial charge in [0.2, 0.25) is 5.89 Å². The van der Waals surface area contributed by atoms with Crippen LogP contribution < -0.4 is 5.73 Å². The van der Waals surface area contributed by atoms with Gasteiger partial charge in [0.1, 0.15) is 0 Å².